The van der Waals surface area contributed by atoms with Crippen molar-refractivity contribution in [2.24, 2.45) is 5.92 Å². The molecule has 5 rings (SSSR count). The van der Waals surface area contributed by atoms with Gasteiger partial charge in [-0.25, -0.2) is 0 Å². The number of hydrogen-bond acceptors (Lipinski definition) is 3. The Morgan fingerprint density at radius 1 is 1.18 bits per heavy atom. The van der Waals surface area contributed by atoms with E-state index >= 15 is 0 Å². The zero-order valence-electron chi connectivity index (χ0n) is 16.6. The van der Waals surface area contributed by atoms with Crippen LogP contribution in [-0.4, -0.2) is 41.0 Å². The van der Waals surface area contributed by atoms with E-state index in [0.29, 0.717) is 12.0 Å². The third-order valence-corrected chi connectivity index (χ3v) is 6.24. The summed E-state index contributed by atoms with van der Waals surface area (Å²) in [5, 5.41) is 3.42. The van der Waals surface area contributed by atoms with E-state index in [1.165, 1.54) is 18.4 Å². The van der Waals surface area contributed by atoms with E-state index < -0.39 is 0 Å². The molecule has 0 aliphatic carbocycles. The number of carbonyl (C=O) groups excluding carboxylic acids is 1. The Balaban J connectivity index is 1.52. The monoisotopic (exact) mass is 375 g/mol. The van der Waals surface area contributed by atoms with Gasteiger partial charge in [0.05, 0.1) is 0 Å². The van der Waals surface area contributed by atoms with Crippen molar-refractivity contribution in [3.05, 3.63) is 71.6 Å². The third kappa shape index (κ3) is 4.17. The molecular weight excluding hydrogens is 346 g/mol. The van der Waals surface area contributed by atoms with E-state index in [4.69, 9.17) is 0 Å². The summed E-state index contributed by atoms with van der Waals surface area (Å²) < 4.78 is 0. The number of rotatable bonds is 6. The van der Waals surface area contributed by atoms with Crippen LogP contribution in [0.25, 0.3) is 6.08 Å². The highest BCUT2D eigenvalue weighted by Crippen LogP contribution is 2.34. The molecule has 0 spiro atoms. The Labute approximate surface area is 167 Å². The Bertz CT molecular complexity index is 810. The Hall–Kier alpha value is -2.46. The smallest absolute Gasteiger partial charge is 0.247 e. The van der Waals surface area contributed by atoms with Crippen molar-refractivity contribution >= 4 is 12.0 Å². The minimum Gasteiger partial charge on any atom is -0.348 e. The van der Waals surface area contributed by atoms with Gasteiger partial charge in [-0.15, -0.1) is 0 Å². The van der Waals surface area contributed by atoms with Crippen molar-refractivity contribution in [2.45, 2.75) is 44.7 Å². The molecular formula is C24H29N3O. The number of hydrogen-bond donors (Lipinski definition) is 1. The molecule has 1 aromatic heterocycles. The summed E-state index contributed by atoms with van der Waals surface area (Å²) in [7, 11) is 0. The topological polar surface area (TPSA) is 45.2 Å². The van der Waals surface area contributed by atoms with E-state index in [-0.39, 0.29) is 11.9 Å². The molecule has 0 unspecified atom stereocenters. The number of piperidine rings is 3. The van der Waals surface area contributed by atoms with Gasteiger partial charge in [0.15, 0.2) is 0 Å². The zero-order valence-corrected chi connectivity index (χ0v) is 16.6. The van der Waals surface area contributed by atoms with Crippen LogP contribution in [-0.2, 0) is 11.2 Å². The molecule has 3 fully saturated rings. The third-order valence-electron chi connectivity index (χ3n) is 6.24. The van der Waals surface area contributed by atoms with E-state index in [1.54, 1.807) is 0 Å². The molecule has 4 nitrogen and oxygen atoms in total. The Kier molecular flexibility index (Phi) is 5.87. The number of pyridine rings is 1. The van der Waals surface area contributed by atoms with Gasteiger partial charge in [0, 0.05) is 30.1 Å². The molecule has 1 N–H and O–H groups in total. The molecule has 3 aliphatic heterocycles. The number of fused-ring (bicyclic) bond motifs is 3. The number of aromatic nitrogens is 1. The van der Waals surface area contributed by atoms with Crippen LogP contribution in [0.3, 0.4) is 0 Å². The van der Waals surface area contributed by atoms with Gasteiger partial charge in [0.25, 0.3) is 0 Å². The van der Waals surface area contributed by atoms with Gasteiger partial charge >= 0.3 is 0 Å². The fourth-order valence-corrected chi connectivity index (χ4v) is 4.70. The highest BCUT2D eigenvalue weighted by atomic mass is 16.1. The zero-order chi connectivity index (χ0) is 19.3. The quantitative estimate of drug-likeness (QED) is 0.783. The summed E-state index contributed by atoms with van der Waals surface area (Å²) in [4.78, 5) is 19.9. The standard InChI is InChI=1S/C24H29N3O/c1-2-20(15-18-7-4-3-5-8-18)24(28)26-23-21-10-13-27(14-11-21)22(23)16-19-9-6-12-25-17-19/h3-9,12,15,17,21-23H,2,10-11,13-14,16H2,1H3,(H,26,28)/b20-15+/t22-,23+/m0/s1. The van der Waals surface area contributed by atoms with Crippen LogP contribution in [0, 0.1) is 5.92 Å². The van der Waals surface area contributed by atoms with E-state index in [2.05, 4.69) is 28.2 Å². The molecule has 146 valence electrons. The van der Waals surface area contributed by atoms with Crippen molar-refractivity contribution in [1.29, 1.82) is 0 Å². The number of carbonyl (C=O) groups is 1. The van der Waals surface area contributed by atoms with Crippen LogP contribution in [0.15, 0.2) is 60.4 Å². The molecule has 0 radical (unpaired) electrons. The van der Waals surface area contributed by atoms with Crippen molar-refractivity contribution in [2.75, 3.05) is 13.1 Å². The molecule has 2 bridgehead atoms. The highest BCUT2D eigenvalue weighted by Gasteiger charge is 2.42. The summed E-state index contributed by atoms with van der Waals surface area (Å²) in [5.74, 6) is 0.659. The number of nitrogens with one attached hydrogen (secondary N) is 1. The molecule has 2 aromatic rings. The van der Waals surface area contributed by atoms with Gasteiger partial charge in [-0.1, -0.05) is 43.3 Å². The molecule has 4 heterocycles. The summed E-state index contributed by atoms with van der Waals surface area (Å²) in [5.41, 5.74) is 3.17. The highest BCUT2D eigenvalue weighted by molar-refractivity contribution is 5.98. The van der Waals surface area contributed by atoms with Crippen LogP contribution in [0.5, 0.6) is 0 Å². The maximum absolute atomic E-state index is 13.1. The van der Waals surface area contributed by atoms with Crippen LogP contribution in [0.1, 0.15) is 37.3 Å². The lowest BCUT2D eigenvalue weighted by atomic mass is 9.76. The molecule has 4 heteroatoms. The predicted octanol–water partition coefficient (Wildman–Crippen LogP) is 3.70. The lowest BCUT2D eigenvalue weighted by molar-refractivity contribution is -0.120. The maximum atomic E-state index is 13.1. The lowest BCUT2D eigenvalue weighted by Gasteiger charge is -2.51. The van der Waals surface area contributed by atoms with Crippen molar-refractivity contribution < 1.29 is 4.79 Å². The van der Waals surface area contributed by atoms with E-state index in [9.17, 15) is 4.79 Å². The van der Waals surface area contributed by atoms with Crippen molar-refractivity contribution in [3.63, 3.8) is 0 Å². The summed E-state index contributed by atoms with van der Waals surface area (Å²) >= 11 is 0. The fraction of sp³-hybridized carbons (Fsp3) is 0.417. The predicted molar refractivity (Wildman–Crippen MR) is 113 cm³/mol. The van der Waals surface area contributed by atoms with Crippen LogP contribution in [0.2, 0.25) is 0 Å². The first-order chi connectivity index (χ1) is 13.7. The second-order valence-corrected chi connectivity index (χ2v) is 7.94. The summed E-state index contributed by atoms with van der Waals surface area (Å²) in [6.45, 7) is 4.34. The fourth-order valence-electron chi connectivity index (χ4n) is 4.70. The normalized spacial score (nSPS) is 26.8. The van der Waals surface area contributed by atoms with Crippen LogP contribution in [0.4, 0.5) is 0 Å². The van der Waals surface area contributed by atoms with Gasteiger partial charge in [-0.05, 0) is 68.0 Å². The summed E-state index contributed by atoms with van der Waals surface area (Å²) in [6.07, 6.45) is 9.82. The molecule has 1 amide bonds. The van der Waals surface area contributed by atoms with Gasteiger partial charge in [-0.2, -0.15) is 0 Å². The van der Waals surface area contributed by atoms with Gasteiger partial charge < -0.3 is 5.32 Å². The average molecular weight is 376 g/mol. The minimum absolute atomic E-state index is 0.0845. The number of nitrogens with zero attached hydrogens (tertiary/aromatic N) is 2. The van der Waals surface area contributed by atoms with Crippen molar-refractivity contribution in [1.82, 2.24) is 15.2 Å². The molecule has 1 aromatic carbocycles. The molecule has 3 saturated heterocycles. The second kappa shape index (κ2) is 8.70. The number of amides is 1. The molecule has 3 aliphatic rings. The van der Waals surface area contributed by atoms with E-state index in [1.807, 2.05) is 54.9 Å². The SMILES string of the molecule is CC/C(=C\c1ccccc1)C(=O)N[C@@H]1C2CCN(CC2)[C@H]1Cc1cccnc1. The Morgan fingerprint density at radius 2 is 1.96 bits per heavy atom. The van der Waals surface area contributed by atoms with Gasteiger partial charge in [0.2, 0.25) is 5.91 Å². The first-order valence-electron chi connectivity index (χ1n) is 10.4. The van der Waals surface area contributed by atoms with E-state index in [0.717, 1.165) is 37.1 Å². The Morgan fingerprint density at radius 3 is 2.64 bits per heavy atom. The van der Waals surface area contributed by atoms with Gasteiger partial charge in [0.1, 0.15) is 0 Å². The lowest BCUT2D eigenvalue weighted by Crippen LogP contribution is -2.64. The molecule has 28 heavy (non-hydrogen) atoms. The number of benzene rings is 1. The molecule has 0 saturated carbocycles. The van der Waals surface area contributed by atoms with Crippen LogP contribution < -0.4 is 5.32 Å². The minimum atomic E-state index is 0.0845. The first kappa shape index (κ1) is 18.9. The summed E-state index contributed by atoms with van der Waals surface area (Å²) in [6, 6.07) is 14.8. The largest absolute Gasteiger partial charge is 0.348 e. The second-order valence-electron chi connectivity index (χ2n) is 7.94. The molecule has 2 atom stereocenters. The van der Waals surface area contributed by atoms with Gasteiger partial charge in [-0.3, -0.25) is 14.7 Å². The average Bonchev–Trinajstić information content (AvgIpc) is 2.75. The van der Waals surface area contributed by atoms with Crippen molar-refractivity contribution in [3.8, 4) is 0 Å². The van der Waals surface area contributed by atoms with Crippen LogP contribution >= 0.6 is 0 Å². The first-order valence-corrected chi connectivity index (χ1v) is 10.4. The maximum Gasteiger partial charge on any atom is 0.247 e.